The van der Waals surface area contributed by atoms with Crippen LogP contribution in [0.4, 0.5) is 0 Å². The second kappa shape index (κ2) is 7.63. The van der Waals surface area contributed by atoms with Crippen molar-refractivity contribution in [1.82, 2.24) is 30.7 Å². The smallest absolute Gasteiger partial charge is 0.208 e. The van der Waals surface area contributed by atoms with Crippen LogP contribution in [0.25, 0.3) is 11.3 Å². The van der Waals surface area contributed by atoms with Crippen molar-refractivity contribution in [1.29, 1.82) is 0 Å². The van der Waals surface area contributed by atoms with E-state index in [0.717, 1.165) is 35.5 Å². The SMILES string of the molecule is Cc1nc(SCCNCc2cn[nH]c2-c2ccc(C)c(C)c2)n[nH]1. The van der Waals surface area contributed by atoms with E-state index >= 15 is 0 Å². The van der Waals surface area contributed by atoms with Crippen molar-refractivity contribution in [3.05, 3.63) is 46.9 Å². The number of aromatic amines is 2. The van der Waals surface area contributed by atoms with E-state index in [1.165, 1.54) is 22.3 Å². The molecule has 0 aliphatic rings. The van der Waals surface area contributed by atoms with Gasteiger partial charge >= 0.3 is 0 Å². The first-order chi connectivity index (χ1) is 11.6. The summed E-state index contributed by atoms with van der Waals surface area (Å²) in [7, 11) is 0. The van der Waals surface area contributed by atoms with Gasteiger partial charge in [0.05, 0.1) is 11.9 Å². The average Bonchev–Trinajstić information content (AvgIpc) is 3.19. The van der Waals surface area contributed by atoms with E-state index in [2.05, 4.69) is 62.7 Å². The minimum atomic E-state index is 0.784. The Hall–Kier alpha value is -2.12. The zero-order valence-electron chi connectivity index (χ0n) is 14.2. The summed E-state index contributed by atoms with van der Waals surface area (Å²) in [6, 6.07) is 6.49. The van der Waals surface area contributed by atoms with Crippen LogP contribution in [0.3, 0.4) is 0 Å². The third-order valence-electron chi connectivity index (χ3n) is 3.92. The van der Waals surface area contributed by atoms with Crippen LogP contribution in [0.5, 0.6) is 0 Å². The Morgan fingerprint density at radius 1 is 1.12 bits per heavy atom. The molecular weight excluding hydrogens is 320 g/mol. The molecule has 0 aliphatic heterocycles. The van der Waals surface area contributed by atoms with Gasteiger partial charge in [-0.1, -0.05) is 23.9 Å². The van der Waals surface area contributed by atoms with Gasteiger partial charge in [-0.15, -0.1) is 5.10 Å². The molecule has 0 aliphatic carbocycles. The van der Waals surface area contributed by atoms with Crippen LogP contribution in [-0.2, 0) is 6.54 Å². The molecule has 2 heterocycles. The summed E-state index contributed by atoms with van der Waals surface area (Å²) in [4.78, 5) is 4.28. The number of thioether (sulfide) groups is 1. The second-order valence-corrected chi connectivity index (χ2v) is 6.86. The molecule has 7 heteroatoms. The molecule has 24 heavy (non-hydrogen) atoms. The van der Waals surface area contributed by atoms with Crippen LogP contribution < -0.4 is 5.32 Å². The Kier molecular flexibility index (Phi) is 5.32. The molecular formula is C17H22N6S. The van der Waals surface area contributed by atoms with Gasteiger partial charge in [-0.25, -0.2) is 4.98 Å². The molecule has 0 fully saturated rings. The number of benzene rings is 1. The summed E-state index contributed by atoms with van der Waals surface area (Å²) in [6.07, 6.45) is 1.89. The van der Waals surface area contributed by atoms with Crippen molar-refractivity contribution in [2.45, 2.75) is 32.5 Å². The number of aromatic nitrogens is 5. The van der Waals surface area contributed by atoms with Crippen molar-refractivity contribution in [2.75, 3.05) is 12.3 Å². The third kappa shape index (κ3) is 4.04. The summed E-state index contributed by atoms with van der Waals surface area (Å²) in [5.74, 6) is 1.77. The molecule has 0 bridgehead atoms. The normalized spacial score (nSPS) is 11.1. The van der Waals surface area contributed by atoms with Crippen molar-refractivity contribution >= 4 is 11.8 Å². The van der Waals surface area contributed by atoms with E-state index in [-0.39, 0.29) is 0 Å². The number of hydrogen-bond donors (Lipinski definition) is 3. The van der Waals surface area contributed by atoms with Crippen LogP contribution in [0.1, 0.15) is 22.5 Å². The monoisotopic (exact) mass is 342 g/mol. The standard InChI is InChI=1S/C17H22N6S/c1-11-4-5-14(8-12(11)2)16-15(10-19-22-16)9-18-6-7-24-17-20-13(3)21-23-17/h4-5,8,10,18H,6-7,9H2,1-3H3,(H,19,22)(H,20,21,23). The topological polar surface area (TPSA) is 82.3 Å². The number of aryl methyl sites for hydroxylation is 3. The number of rotatable bonds is 7. The van der Waals surface area contributed by atoms with Crippen LogP contribution in [0, 0.1) is 20.8 Å². The molecule has 6 nitrogen and oxygen atoms in total. The van der Waals surface area contributed by atoms with Gasteiger partial charge in [-0.05, 0) is 38.0 Å². The van der Waals surface area contributed by atoms with Crippen molar-refractivity contribution in [2.24, 2.45) is 0 Å². The van der Waals surface area contributed by atoms with Crippen molar-refractivity contribution in [3.8, 4) is 11.3 Å². The van der Waals surface area contributed by atoms with Gasteiger partial charge in [-0.2, -0.15) is 5.10 Å². The molecule has 0 saturated carbocycles. The van der Waals surface area contributed by atoms with E-state index in [1.54, 1.807) is 11.8 Å². The predicted octanol–water partition coefficient (Wildman–Crippen LogP) is 3.00. The van der Waals surface area contributed by atoms with Gasteiger partial charge in [-0.3, -0.25) is 10.2 Å². The number of H-pyrrole nitrogens is 2. The van der Waals surface area contributed by atoms with Gasteiger partial charge in [0, 0.05) is 30.0 Å². The second-order valence-electron chi connectivity index (χ2n) is 5.80. The van der Waals surface area contributed by atoms with Crippen LogP contribution in [-0.4, -0.2) is 37.7 Å². The summed E-state index contributed by atoms with van der Waals surface area (Å²) < 4.78 is 0. The molecule has 0 saturated heterocycles. The predicted molar refractivity (Wildman–Crippen MR) is 97.0 cm³/mol. The maximum atomic E-state index is 4.28. The Morgan fingerprint density at radius 3 is 2.75 bits per heavy atom. The maximum Gasteiger partial charge on any atom is 0.208 e. The maximum absolute atomic E-state index is 4.28. The summed E-state index contributed by atoms with van der Waals surface area (Å²) >= 11 is 1.64. The fourth-order valence-electron chi connectivity index (χ4n) is 2.42. The highest BCUT2D eigenvalue weighted by Crippen LogP contribution is 2.23. The summed E-state index contributed by atoms with van der Waals surface area (Å²) in [5, 5.41) is 18.5. The Morgan fingerprint density at radius 2 is 2.00 bits per heavy atom. The first-order valence-electron chi connectivity index (χ1n) is 7.96. The van der Waals surface area contributed by atoms with Gasteiger partial charge in [0.25, 0.3) is 0 Å². The van der Waals surface area contributed by atoms with Gasteiger partial charge < -0.3 is 5.32 Å². The average molecular weight is 342 g/mol. The molecule has 0 atom stereocenters. The van der Waals surface area contributed by atoms with Gasteiger partial charge in [0.15, 0.2) is 0 Å². The molecule has 3 aromatic rings. The highest BCUT2D eigenvalue weighted by molar-refractivity contribution is 7.99. The zero-order valence-corrected chi connectivity index (χ0v) is 15.0. The summed E-state index contributed by atoms with van der Waals surface area (Å²) in [6.45, 7) is 7.84. The molecule has 0 unspecified atom stereocenters. The van der Waals surface area contributed by atoms with E-state index in [1.807, 2.05) is 13.1 Å². The highest BCUT2D eigenvalue weighted by Gasteiger charge is 2.08. The third-order valence-corrected chi connectivity index (χ3v) is 4.76. The fraction of sp³-hybridized carbons (Fsp3) is 0.353. The van der Waals surface area contributed by atoms with Crippen LogP contribution in [0.2, 0.25) is 0 Å². The highest BCUT2D eigenvalue weighted by atomic mass is 32.2. The first-order valence-corrected chi connectivity index (χ1v) is 8.94. The quantitative estimate of drug-likeness (QED) is 0.454. The molecule has 2 aromatic heterocycles. The molecule has 126 valence electrons. The molecule has 3 N–H and O–H groups in total. The molecule has 1 aromatic carbocycles. The number of nitrogens with zero attached hydrogens (tertiary/aromatic N) is 3. The van der Waals surface area contributed by atoms with Gasteiger partial charge in [0.1, 0.15) is 5.82 Å². The van der Waals surface area contributed by atoms with E-state index in [9.17, 15) is 0 Å². The lowest BCUT2D eigenvalue weighted by atomic mass is 10.0. The van der Waals surface area contributed by atoms with Crippen molar-refractivity contribution in [3.63, 3.8) is 0 Å². The summed E-state index contributed by atoms with van der Waals surface area (Å²) in [5.41, 5.74) is 6.04. The Labute approximate surface area is 145 Å². The van der Waals surface area contributed by atoms with E-state index < -0.39 is 0 Å². The molecule has 0 radical (unpaired) electrons. The minimum Gasteiger partial charge on any atom is -0.312 e. The van der Waals surface area contributed by atoms with Gasteiger partial charge in [0.2, 0.25) is 5.16 Å². The van der Waals surface area contributed by atoms with Crippen molar-refractivity contribution < 1.29 is 0 Å². The lowest BCUT2D eigenvalue weighted by molar-refractivity contribution is 0.732. The fourth-order valence-corrected chi connectivity index (χ4v) is 3.16. The van der Waals surface area contributed by atoms with E-state index in [0.29, 0.717) is 0 Å². The largest absolute Gasteiger partial charge is 0.312 e. The first kappa shape index (κ1) is 16.7. The number of nitrogens with one attached hydrogen (secondary N) is 3. The van der Waals surface area contributed by atoms with Crippen LogP contribution >= 0.6 is 11.8 Å². The molecule has 0 spiro atoms. The minimum absolute atomic E-state index is 0.784. The lowest BCUT2D eigenvalue weighted by Crippen LogP contribution is -2.16. The van der Waals surface area contributed by atoms with Crippen LogP contribution in [0.15, 0.2) is 29.6 Å². The molecule has 0 amide bonds. The number of hydrogen-bond acceptors (Lipinski definition) is 5. The zero-order chi connectivity index (χ0) is 16.9. The Bertz CT molecular complexity index is 807. The van der Waals surface area contributed by atoms with E-state index in [4.69, 9.17) is 0 Å². The Balaban J connectivity index is 1.53. The lowest BCUT2D eigenvalue weighted by Gasteiger charge is -2.07. The molecule has 3 rings (SSSR count).